The molecule has 250 valence electrons. The maximum Gasteiger partial charge on any atom is 0.250 e. The number of imidazole rings is 1. The normalized spacial score (nSPS) is 14.9. The Morgan fingerprint density at radius 3 is 2.16 bits per heavy atom. The third kappa shape index (κ3) is 5.71. The maximum atomic E-state index is 12.3. The first-order valence-electron chi connectivity index (χ1n) is 16.7. The van der Waals surface area contributed by atoms with Crippen LogP contribution in [-0.4, -0.2) is 40.7 Å². The van der Waals surface area contributed by atoms with Crippen LogP contribution in [0.2, 0.25) is 0 Å². The molecule has 2 atom stereocenters. The molecular formula is C42H34N6O2S. The van der Waals surface area contributed by atoms with Crippen molar-refractivity contribution in [1.29, 1.82) is 0 Å². The van der Waals surface area contributed by atoms with E-state index in [2.05, 4.69) is 106 Å². The summed E-state index contributed by atoms with van der Waals surface area (Å²) in [5, 5.41) is 5.51. The molecule has 4 aromatic carbocycles. The van der Waals surface area contributed by atoms with Gasteiger partial charge >= 0.3 is 0 Å². The fraction of sp³-hybridized carbons (Fsp3) is 0.0952. The summed E-state index contributed by atoms with van der Waals surface area (Å²) in [6.07, 6.45) is 16.6. The first kappa shape index (κ1) is 32.0. The van der Waals surface area contributed by atoms with Gasteiger partial charge in [0, 0.05) is 51.4 Å². The van der Waals surface area contributed by atoms with E-state index < -0.39 is 22.2 Å². The summed E-state index contributed by atoms with van der Waals surface area (Å²) < 4.78 is 16.4. The lowest BCUT2D eigenvalue weighted by Crippen LogP contribution is -2.43. The van der Waals surface area contributed by atoms with Crippen molar-refractivity contribution in [3.63, 3.8) is 0 Å². The van der Waals surface area contributed by atoms with Crippen molar-refractivity contribution in [2.75, 3.05) is 6.26 Å². The molecule has 2 N–H and O–H groups in total. The quantitative estimate of drug-likeness (QED) is 0.167. The van der Waals surface area contributed by atoms with Crippen molar-refractivity contribution in [2.24, 2.45) is 11.7 Å². The molecule has 9 heteroatoms. The predicted octanol–water partition coefficient (Wildman–Crippen LogP) is 7.71. The average molecular weight is 687 g/mol. The third-order valence-electron chi connectivity index (χ3n) is 9.62. The Labute approximate surface area is 298 Å². The Kier molecular flexibility index (Phi) is 8.33. The van der Waals surface area contributed by atoms with E-state index in [1.54, 1.807) is 24.7 Å². The predicted molar refractivity (Wildman–Crippen MR) is 202 cm³/mol. The van der Waals surface area contributed by atoms with Gasteiger partial charge in [-0.25, -0.2) is 9.97 Å². The van der Waals surface area contributed by atoms with Crippen LogP contribution in [0.5, 0.6) is 0 Å². The SMILES string of the molecule is CS(=O)c1ccc(-c2nn(C(c3ccccc3)(c3ccccc3)C3C=CC=CC3)cc2-c2ccc3ncn(-c4ccc(C(N)=O)cn4)c3c2)cc1. The van der Waals surface area contributed by atoms with E-state index in [1.807, 2.05) is 47.0 Å². The third-order valence-corrected chi connectivity index (χ3v) is 10.6. The van der Waals surface area contributed by atoms with Gasteiger partial charge in [0.1, 0.15) is 23.4 Å². The smallest absolute Gasteiger partial charge is 0.250 e. The zero-order chi connectivity index (χ0) is 35.0. The van der Waals surface area contributed by atoms with Crippen LogP contribution < -0.4 is 5.73 Å². The summed E-state index contributed by atoms with van der Waals surface area (Å²) in [5.41, 5.74) is 12.6. The standard InChI is InChI=1S/C42H34N6O2S/c1-51(50)35-21-17-29(18-22-35)40-36(30-19-23-37-38(25-30)47(28-45-37)39-24-20-31(26-44-39)41(43)49)27-48(46-40)42(32-11-5-2-6-12-32,33-13-7-3-8-14-33)34-15-9-4-10-16-34/h2-15,17-28,34H,16H2,1H3,(H2,43,49). The minimum absolute atomic E-state index is 0.0520. The lowest BCUT2D eigenvalue weighted by atomic mass is 9.70. The van der Waals surface area contributed by atoms with Gasteiger partial charge in [-0.3, -0.25) is 18.3 Å². The summed E-state index contributed by atoms with van der Waals surface area (Å²) in [4.78, 5) is 21.6. The van der Waals surface area contributed by atoms with Crippen molar-refractivity contribution >= 4 is 27.7 Å². The highest BCUT2D eigenvalue weighted by Gasteiger charge is 2.44. The fourth-order valence-electron chi connectivity index (χ4n) is 7.12. The number of amides is 1. The molecular weight excluding hydrogens is 653 g/mol. The topological polar surface area (TPSA) is 109 Å². The molecule has 51 heavy (non-hydrogen) atoms. The second-order valence-corrected chi connectivity index (χ2v) is 13.9. The van der Waals surface area contributed by atoms with Crippen molar-refractivity contribution in [3.05, 3.63) is 175 Å². The Morgan fingerprint density at radius 2 is 1.55 bits per heavy atom. The van der Waals surface area contributed by atoms with Crippen molar-refractivity contribution in [2.45, 2.75) is 16.9 Å². The van der Waals surface area contributed by atoms with Crippen LogP contribution in [-0.2, 0) is 16.3 Å². The van der Waals surface area contributed by atoms with Crippen LogP contribution in [0.4, 0.5) is 0 Å². The number of carbonyl (C=O) groups is 1. The van der Waals surface area contributed by atoms with Gasteiger partial charge in [-0.05, 0) is 59.5 Å². The second-order valence-electron chi connectivity index (χ2n) is 12.6. The number of nitrogens with zero attached hydrogens (tertiary/aromatic N) is 5. The molecule has 8 rings (SSSR count). The fourth-order valence-corrected chi connectivity index (χ4v) is 7.64. The lowest BCUT2D eigenvalue weighted by molar-refractivity contribution is 0.1000. The number of rotatable bonds is 9. The zero-order valence-electron chi connectivity index (χ0n) is 27.8. The molecule has 0 aliphatic heterocycles. The molecule has 0 saturated carbocycles. The first-order valence-corrected chi connectivity index (χ1v) is 18.2. The molecule has 0 bridgehead atoms. The van der Waals surface area contributed by atoms with Crippen molar-refractivity contribution in [3.8, 4) is 28.2 Å². The molecule has 3 heterocycles. The van der Waals surface area contributed by atoms with E-state index in [1.165, 1.54) is 6.20 Å². The number of nitrogens with two attached hydrogens (primary N) is 1. The number of benzene rings is 4. The van der Waals surface area contributed by atoms with Crippen LogP contribution in [0.15, 0.2) is 163 Å². The van der Waals surface area contributed by atoms with Gasteiger partial charge in [0.05, 0.1) is 16.6 Å². The number of hydrogen-bond donors (Lipinski definition) is 1. The van der Waals surface area contributed by atoms with Gasteiger partial charge in [0.15, 0.2) is 0 Å². The number of hydrogen-bond acceptors (Lipinski definition) is 5. The number of primary amides is 1. The minimum atomic E-state index is -1.11. The molecule has 0 radical (unpaired) electrons. The number of fused-ring (bicyclic) bond motifs is 1. The molecule has 3 aromatic heterocycles. The zero-order valence-corrected chi connectivity index (χ0v) is 28.7. The molecule has 1 amide bonds. The summed E-state index contributed by atoms with van der Waals surface area (Å²) >= 11 is 0. The van der Waals surface area contributed by atoms with E-state index >= 15 is 0 Å². The summed E-state index contributed by atoms with van der Waals surface area (Å²) in [7, 11) is -1.11. The number of pyridine rings is 1. The van der Waals surface area contributed by atoms with Gasteiger partial charge in [-0.2, -0.15) is 5.10 Å². The number of carbonyl (C=O) groups excluding carboxylic acids is 1. The largest absolute Gasteiger partial charge is 0.366 e. The summed E-state index contributed by atoms with van der Waals surface area (Å²) in [6, 6.07) is 38.6. The molecule has 0 saturated heterocycles. The van der Waals surface area contributed by atoms with Crippen LogP contribution in [0.3, 0.4) is 0 Å². The van der Waals surface area contributed by atoms with Gasteiger partial charge in [0.2, 0.25) is 5.91 Å². The Morgan fingerprint density at radius 1 is 0.843 bits per heavy atom. The van der Waals surface area contributed by atoms with Gasteiger partial charge in [-0.1, -0.05) is 103 Å². The average Bonchev–Trinajstić information content (AvgIpc) is 3.82. The van der Waals surface area contributed by atoms with E-state index in [0.29, 0.717) is 11.4 Å². The highest BCUT2D eigenvalue weighted by molar-refractivity contribution is 7.84. The molecule has 1 aliphatic carbocycles. The summed E-state index contributed by atoms with van der Waals surface area (Å²) in [5.74, 6) is 0.135. The monoisotopic (exact) mass is 686 g/mol. The number of allylic oxidation sites excluding steroid dienone is 4. The van der Waals surface area contributed by atoms with Crippen molar-refractivity contribution in [1.82, 2.24) is 24.3 Å². The first-order chi connectivity index (χ1) is 24.9. The van der Waals surface area contributed by atoms with Crippen LogP contribution >= 0.6 is 0 Å². The molecule has 1 aliphatic rings. The highest BCUT2D eigenvalue weighted by atomic mass is 32.2. The minimum Gasteiger partial charge on any atom is -0.366 e. The molecule has 0 spiro atoms. The van der Waals surface area contributed by atoms with Gasteiger partial charge < -0.3 is 5.73 Å². The molecule has 0 fully saturated rings. The highest BCUT2D eigenvalue weighted by Crippen LogP contribution is 2.46. The van der Waals surface area contributed by atoms with E-state index in [-0.39, 0.29) is 5.92 Å². The van der Waals surface area contributed by atoms with Gasteiger partial charge in [-0.15, -0.1) is 0 Å². The Hall–Kier alpha value is -6.19. The molecule has 7 aromatic rings. The van der Waals surface area contributed by atoms with E-state index in [0.717, 1.165) is 55.9 Å². The number of aromatic nitrogens is 5. The Bertz CT molecular complexity index is 2410. The Balaban J connectivity index is 1.38. The van der Waals surface area contributed by atoms with Crippen LogP contribution in [0.25, 0.3) is 39.2 Å². The van der Waals surface area contributed by atoms with Gasteiger partial charge in [0.25, 0.3) is 0 Å². The summed E-state index contributed by atoms with van der Waals surface area (Å²) in [6.45, 7) is 0. The van der Waals surface area contributed by atoms with Crippen LogP contribution in [0, 0.1) is 5.92 Å². The van der Waals surface area contributed by atoms with Crippen LogP contribution in [0.1, 0.15) is 27.9 Å². The lowest BCUT2D eigenvalue weighted by Gasteiger charge is -2.41. The molecule has 8 nitrogen and oxygen atoms in total. The van der Waals surface area contributed by atoms with E-state index in [9.17, 15) is 9.00 Å². The van der Waals surface area contributed by atoms with E-state index in [4.69, 9.17) is 10.8 Å². The molecule has 2 unspecified atom stereocenters. The second kappa shape index (κ2) is 13.3. The van der Waals surface area contributed by atoms with Crippen molar-refractivity contribution < 1.29 is 9.00 Å². The maximum absolute atomic E-state index is 12.3.